The van der Waals surface area contributed by atoms with Crippen LogP contribution in [0.15, 0.2) is 53.5 Å². The number of aliphatic imine (C=N–C) groups is 1. The van der Waals surface area contributed by atoms with E-state index >= 15 is 0 Å². The Morgan fingerprint density at radius 2 is 1.74 bits per heavy atom. The highest BCUT2D eigenvalue weighted by Crippen LogP contribution is 2.24. The second-order valence-electron chi connectivity index (χ2n) is 6.95. The van der Waals surface area contributed by atoms with E-state index in [0.717, 1.165) is 44.6 Å². The van der Waals surface area contributed by atoms with Crippen LogP contribution in [0.2, 0.25) is 0 Å². The SMILES string of the molecule is CCc1cccc(CC)c1NC(N)=NCC1CCN(c2ccccc2)C1.I. The molecule has 0 spiro atoms. The molecule has 3 rings (SSSR count). The predicted octanol–water partition coefficient (Wildman–Crippen LogP) is 4.68. The van der Waals surface area contributed by atoms with Gasteiger partial charge in [-0.3, -0.25) is 4.99 Å². The third-order valence-corrected chi connectivity index (χ3v) is 5.18. The van der Waals surface area contributed by atoms with Crippen LogP contribution < -0.4 is 16.0 Å². The summed E-state index contributed by atoms with van der Waals surface area (Å²) in [7, 11) is 0. The molecule has 3 N–H and O–H groups in total. The summed E-state index contributed by atoms with van der Waals surface area (Å²) < 4.78 is 0. The lowest BCUT2D eigenvalue weighted by molar-refractivity contribution is 0.603. The van der Waals surface area contributed by atoms with Crippen molar-refractivity contribution in [2.24, 2.45) is 16.6 Å². The van der Waals surface area contributed by atoms with E-state index in [1.165, 1.54) is 16.8 Å². The first-order valence-corrected chi connectivity index (χ1v) is 9.69. The number of nitrogens with two attached hydrogens (primary N) is 1. The third kappa shape index (κ3) is 5.61. The number of hydrogen-bond acceptors (Lipinski definition) is 2. The van der Waals surface area contributed by atoms with Crippen molar-refractivity contribution in [3.8, 4) is 0 Å². The number of halogens is 1. The van der Waals surface area contributed by atoms with Crippen LogP contribution in [0.4, 0.5) is 11.4 Å². The molecule has 1 atom stereocenters. The van der Waals surface area contributed by atoms with E-state index in [-0.39, 0.29) is 24.0 Å². The van der Waals surface area contributed by atoms with Gasteiger partial charge < -0.3 is 16.0 Å². The van der Waals surface area contributed by atoms with Crippen LogP contribution in [0.3, 0.4) is 0 Å². The van der Waals surface area contributed by atoms with E-state index in [9.17, 15) is 0 Å². The largest absolute Gasteiger partial charge is 0.371 e. The van der Waals surface area contributed by atoms with Crippen LogP contribution in [0.25, 0.3) is 0 Å². The number of aryl methyl sites for hydroxylation is 2. The molecule has 0 aromatic heterocycles. The maximum atomic E-state index is 6.20. The summed E-state index contributed by atoms with van der Waals surface area (Å²) in [5, 5.41) is 3.36. The van der Waals surface area contributed by atoms with Gasteiger partial charge in [0, 0.05) is 31.0 Å². The van der Waals surface area contributed by atoms with Crippen molar-refractivity contribution in [3.63, 3.8) is 0 Å². The maximum Gasteiger partial charge on any atom is 0.193 e. The molecule has 146 valence electrons. The van der Waals surface area contributed by atoms with Crippen LogP contribution in [0.1, 0.15) is 31.4 Å². The fraction of sp³-hybridized carbons (Fsp3) is 0.409. The minimum Gasteiger partial charge on any atom is -0.371 e. The van der Waals surface area contributed by atoms with Gasteiger partial charge in [0.15, 0.2) is 5.96 Å². The lowest BCUT2D eigenvalue weighted by atomic mass is 10.0. The molecule has 0 amide bonds. The molecular formula is C22H31IN4. The fourth-order valence-corrected chi connectivity index (χ4v) is 3.65. The van der Waals surface area contributed by atoms with Gasteiger partial charge in [-0.15, -0.1) is 24.0 Å². The van der Waals surface area contributed by atoms with Crippen molar-refractivity contribution >= 4 is 41.3 Å². The molecule has 0 saturated carbocycles. The second kappa shape index (κ2) is 10.5. The number of hydrogen-bond donors (Lipinski definition) is 2. The van der Waals surface area contributed by atoms with Crippen LogP contribution in [0, 0.1) is 5.92 Å². The molecule has 1 aliphatic rings. The Morgan fingerprint density at radius 1 is 1.07 bits per heavy atom. The van der Waals surface area contributed by atoms with Crippen molar-refractivity contribution in [1.82, 2.24) is 0 Å². The van der Waals surface area contributed by atoms with Gasteiger partial charge in [-0.1, -0.05) is 50.2 Å². The third-order valence-electron chi connectivity index (χ3n) is 5.18. The summed E-state index contributed by atoms with van der Waals surface area (Å²) in [5.74, 6) is 1.08. The van der Waals surface area contributed by atoms with Gasteiger partial charge in [-0.2, -0.15) is 0 Å². The molecule has 4 nitrogen and oxygen atoms in total. The maximum absolute atomic E-state index is 6.20. The van der Waals surface area contributed by atoms with Gasteiger partial charge in [0.1, 0.15) is 0 Å². The van der Waals surface area contributed by atoms with Gasteiger partial charge in [-0.25, -0.2) is 0 Å². The van der Waals surface area contributed by atoms with Gasteiger partial charge >= 0.3 is 0 Å². The minimum absolute atomic E-state index is 0. The topological polar surface area (TPSA) is 53.6 Å². The number of nitrogens with one attached hydrogen (secondary N) is 1. The van der Waals surface area contributed by atoms with E-state index in [1.807, 2.05) is 0 Å². The first-order valence-electron chi connectivity index (χ1n) is 9.69. The van der Waals surface area contributed by atoms with Crippen molar-refractivity contribution in [2.45, 2.75) is 33.1 Å². The average Bonchev–Trinajstić information content (AvgIpc) is 3.16. The van der Waals surface area contributed by atoms with Gasteiger partial charge in [0.25, 0.3) is 0 Å². The average molecular weight is 478 g/mol. The van der Waals surface area contributed by atoms with Crippen molar-refractivity contribution in [2.75, 3.05) is 29.9 Å². The Bertz CT molecular complexity index is 723. The number of para-hydroxylation sites is 2. The number of guanidine groups is 1. The lowest BCUT2D eigenvalue weighted by Crippen LogP contribution is -2.26. The standard InChI is InChI=1S/C22H30N4.HI/c1-3-18-9-8-10-19(4-2)21(18)25-22(23)24-15-17-13-14-26(16-17)20-11-6-5-7-12-20;/h5-12,17H,3-4,13-16H2,1-2H3,(H3,23,24,25);1H. The van der Waals surface area contributed by atoms with E-state index in [2.05, 4.69) is 77.6 Å². The highest BCUT2D eigenvalue weighted by Gasteiger charge is 2.22. The van der Waals surface area contributed by atoms with Crippen LogP contribution >= 0.6 is 24.0 Å². The molecule has 1 heterocycles. The normalized spacial score (nSPS) is 16.9. The van der Waals surface area contributed by atoms with E-state index in [0.29, 0.717) is 11.9 Å². The quantitative estimate of drug-likeness (QED) is 0.360. The first kappa shape index (κ1) is 21.5. The molecular weight excluding hydrogens is 447 g/mol. The fourth-order valence-electron chi connectivity index (χ4n) is 3.65. The molecule has 1 saturated heterocycles. The van der Waals surface area contributed by atoms with Crippen LogP contribution in [0.5, 0.6) is 0 Å². The molecule has 1 unspecified atom stereocenters. The summed E-state index contributed by atoms with van der Waals surface area (Å²) in [5.41, 5.74) is 11.2. The Labute approximate surface area is 180 Å². The number of rotatable bonds is 6. The van der Waals surface area contributed by atoms with Crippen molar-refractivity contribution in [3.05, 3.63) is 59.7 Å². The first-order chi connectivity index (χ1) is 12.7. The van der Waals surface area contributed by atoms with Crippen molar-refractivity contribution < 1.29 is 0 Å². The molecule has 1 fully saturated rings. The number of nitrogens with zero attached hydrogens (tertiary/aromatic N) is 2. The zero-order chi connectivity index (χ0) is 18.4. The number of anilines is 2. The highest BCUT2D eigenvalue weighted by atomic mass is 127. The van der Waals surface area contributed by atoms with Crippen molar-refractivity contribution in [1.29, 1.82) is 0 Å². The Morgan fingerprint density at radius 3 is 2.37 bits per heavy atom. The number of benzene rings is 2. The van der Waals surface area contributed by atoms with Gasteiger partial charge in [-0.05, 0) is 48.4 Å². The summed E-state index contributed by atoms with van der Waals surface area (Å²) in [6, 6.07) is 17.0. The van der Waals surface area contributed by atoms with E-state index in [1.54, 1.807) is 0 Å². The molecule has 2 aromatic rings. The molecule has 0 bridgehead atoms. The second-order valence-corrected chi connectivity index (χ2v) is 6.95. The van der Waals surface area contributed by atoms with Crippen LogP contribution in [-0.4, -0.2) is 25.6 Å². The zero-order valence-electron chi connectivity index (χ0n) is 16.3. The van der Waals surface area contributed by atoms with Crippen LogP contribution in [-0.2, 0) is 12.8 Å². The highest BCUT2D eigenvalue weighted by molar-refractivity contribution is 14.0. The molecule has 5 heteroatoms. The summed E-state index contributed by atoms with van der Waals surface area (Å²) in [4.78, 5) is 7.07. The monoisotopic (exact) mass is 478 g/mol. The Kier molecular flexibility index (Phi) is 8.41. The zero-order valence-corrected chi connectivity index (χ0v) is 18.6. The van der Waals surface area contributed by atoms with Gasteiger partial charge in [0.2, 0.25) is 0 Å². The smallest absolute Gasteiger partial charge is 0.193 e. The summed E-state index contributed by atoms with van der Waals surface area (Å²) in [6.45, 7) is 7.26. The Balaban J connectivity index is 0.00000261. The summed E-state index contributed by atoms with van der Waals surface area (Å²) in [6.07, 6.45) is 3.13. The molecule has 2 aromatic carbocycles. The molecule has 27 heavy (non-hydrogen) atoms. The minimum atomic E-state index is 0. The van der Waals surface area contributed by atoms with Gasteiger partial charge in [0.05, 0.1) is 0 Å². The van der Waals surface area contributed by atoms with E-state index in [4.69, 9.17) is 5.73 Å². The lowest BCUT2D eigenvalue weighted by Gasteiger charge is -2.18. The molecule has 1 aliphatic heterocycles. The predicted molar refractivity (Wildman–Crippen MR) is 127 cm³/mol. The molecule has 0 aliphatic carbocycles. The summed E-state index contributed by atoms with van der Waals surface area (Å²) >= 11 is 0. The Hall–Kier alpha value is -1.76. The van der Waals surface area contributed by atoms with E-state index < -0.39 is 0 Å². The molecule has 0 radical (unpaired) electrons.